The summed E-state index contributed by atoms with van der Waals surface area (Å²) >= 11 is 17.0. The van der Waals surface area contributed by atoms with Gasteiger partial charge in [-0.15, -0.1) is 0 Å². The molecule has 0 amide bonds. The van der Waals surface area contributed by atoms with Gasteiger partial charge in [-0.05, 0) is 6.07 Å². The molecule has 0 unspecified atom stereocenters. The van der Waals surface area contributed by atoms with Gasteiger partial charge in [-0.1, -0.05) is 55.6 Å². The first-order chi connectivity index (χ1) is 5.71. The third kappa shape index (κ3) is 2.76. The Balaban J connectivity index is 3.01. The van der Waals surface area contributed by atoms with Crippen molar-refractivity contribution in [3.63, 3.8) is 0 Å². The third-order valence-corrected chi connectivity index (χ3v) is 2.26. The van der Waals surface area contributed by atoms with Gasteiger partial charge in [0.2, 0.25) is 3.79 Å². The molecule has 0 aliphatic heterocycles. The molecule has 1 rings (SSSR count). The molecule has 0 aliphatic carbocycles. The number of rotatable bonds is 0. The van der Waals surface area contributed by atoms with Crippen LogP contribution in [-0.2, 0) is 9.21 Å². The van der Waals surface area contributed by atoms with Crippen LogP contribution in [0, 0.1) is 0 Å². The summed E-state index contributed by atoms with van der Waals surface area (Å²) in [6, 6.07) is 1.77. The van der Waals surface area contributed by atoms with E-state index in [2.05, 4.69) is 10.2 Å². The number of nitrogens with zero attached hydrogens (tertiary/aromatic N) is 1. The van der Waals surface area contributed by atoms with E-state index in [9.17, 15) is 0 Å². The largest absolute Gasteiger partial charge is 0.278 e. The average Bonchev–Trinajstić information content (AvgIpc) is 2.28. The van der Waals surface area contributed by atoms with Crippen molar-refractivity contribution in [2.45, 2.75) is 30.0 Å². The second-order valence-electron chi connectivity index (χ2n) is 3.91. The van der Waals surface area contributed by atoms with E-state index in [0.717, 1.165) is 5.69 Å². The molecule has 0 atom stereocenters. The summed E-state index contributed by atoms with van der Waals surface area (Å²) < 4.78 is -1.42. The SMILES string of the molecule is CC(C)(C)c1cc(C(Cl)(Cl)Cl)[nH]n1. The maximum absolute atomic E-state index is 5.68. The molecule has 0 spiro atoms. The summed E-state index contributed by atoms with van der Waals surface area (Å²) in [4.78, 5) is 0. The molecule has 0 saturated heterocycles. The first-order valence-corrected chi connectivity index (χ1v) is 4.98. The van der Waals surface area contributed by atoms with Gasteiger partial charge < -0.3 is 0 Å². The van der Waals surface area contributed by atoms with Crippen molar-refractivity contribution in [3.8, 4) is 0 Å². The van der Waals surface area contributed by atoms with Gasteiger partial charge in [0.15, 0.2) is 0 Å². The highest BCUT2D eigenvalue weighted by molar-refractivity contribution is 6.66. The number of aromatic amines is 1. The van der Waals surface area contributed by atoms with Crippen LogP contribution in [-0.4, -0.2) is 10.2 Å². The van der Waals surface area contributed by atoms with E-state index in [1.165, 1.54) is 0 Å². The molecule has 1 aromatic heterocycles. The molecule has 2 nitrogen and oxygen atoms in total. The molecule has 0 fully saturated rings. The normalized spacial score (nSPS) is 13.4. The fourth-order valence-electron chi connectivity index (χ4n) is 0.851. The van der Waals surface area contributed by atoms with E-state index in [1.54, 1.807) is 6.07 Å². The van der Waals surface area contributed by atoms with Gasteiger partial charge in [-0.3, -0.25) is 5.10 Å². The maximum atomic E-state index is 5.68. The predicted molar refractivity (Wildman–Crippen MR) is 56.5 cm³/mol. The van der Waals surface area contributed by atoms with E-state index < -0.39 is 3.79 Å². The summed E-state index contributed by atoms with van der Waals surface area (Å²) in [7, 11) is 0. The van der Waals surface area contributed by atoms with Crippen LogP contribution in [0.25, 0.3) is 0 Å². The van der Waals surface area contributed by atoms with Crippen LogP contribution in [0.2, 0.25) is 0 Å². The van der Waals surface area contributed by atoms with Gasteiger partial charge in [-0.2, -0.15) is 5.10 Å². The van der Waals surface area contributed by atoms with Gasteiger partial charge in [0.25, 0.3) is 0 Å². The molecule has 0 aliphatic rings. The van der Waals surface area contributed by atoms with Crippen LogP contribution < -0.4 is 0 Å². The number of halogens is 3. The van der Waals surface area contributed by atoms with Crippen molar-refractivity contribution in [2.75, 3.05) is 0 Å². The van der Waals surface area contributed by atoms with E-state index >= 15 is 0 Å². The van der Waals surface area contributed by atoms with Crippen LogP contribution in [0.4, 0.5) is 0 Å². The highest BCUT2D eigenvalue weighted by Gasteiger charge is 2.27. The zero-order valence-electron chi connectivity index (χ0n) is 7.66. The topological polar surface area (TPSA) is 28.7 Å². The van der Waals surface area contributed by atoms with Crippen LogP contribution >= 0.6 is 34.8 Å². The number of aromatic nitrogens is 2. The molecule has 0 bridgehead atoms. The van der Waals surface area contributed by atoms with Gasteiger partial charge in [-0.25, -0.2) is 0 Å². The summed E-state index contributed by atoms with van der Waals surface area (Å²) in [6.07, 6.45) is 0. The molecule has 0 aromatic carbocycles. The van der Waals surface area contributed by atoms with E-state index in [4.69, 9.17) is 34.8 Å². The highest BCUT2D eigenvalue weighted by atomic mass is 35.6. The Hall–Kier alpha value is 0.0800. The van der Waals surface area contributed by atoms with Crippen molar-refractivity contribution >= 4 is 34.8 Å². The Bertz CT molecular complexity index is 265. The molecular formula is C8H11Cl3N2. The molecule has 1 heterocycles. The van der Waals surface area contributed by atoms with Crippen LogP contribution in [0.5, 0.6) is 0 Å². The molecule has 0 radical (unpaired) electrons. The monoisotopic (exact) mass is 240 g/mol. The summed E-state index contributed by atoms with van der Waals surface area (Å²) in [5.41, 5.74) is 1.35. The number of alkyl halides is 3. The highest BCUT2D eigenvalue weighted by Crippen LogP contribution is 2.38. The summed E-state index contributed by atoms with van der Waals surface area (Å²) in [5, 5.41) is 6.78. The minimum atomic E-state index is -1.42. The Morgan fingerprint density at radius 2 is 1.77 bits per heavy atom. The lowest BCUT2D eigenvalue weighted by atomic mass is 9.92. The fraction of sp³-hybridized carbons (Fsp3) is 0.625. The van der Waals surface area contributed by atoms with Crippen molar-refractivity contribution in [3.05, 3.63) is 17.5 Å². The molecule has 5 heteroatoms. The second kappa shape index (κ2) is 3.34. The van der Waals surface area contributed by atoms with Crippen molar-refractivity contribution in [1.82, 2.24) is 10.2 Å². The minimum Gasteiger partial charge on any atom is -0.278 e. The van der Waals surface area contributed by atoms with Crippen molar-refractivity contribution in [1.29, 1.82) is 0 Å². The Morgan fingerprint density at radius 1 is 1.23 bits per heavy atom. The first kappa shape index (κ1) is 11.2. The fourth-order valence-corrected chi connectivity index (χ4v) is 1.14. The summed E-state index contributed by atoms with van der Waals surface area (Å²) in [5.74, 6) is 0. The van der Waals surface area contributed by atoms with Crippen molar-refractivity contribution in [2.24, 2.45) is 0 Å². The molecule has 1 N–H and O–H groups in total. The Kier molecular flexibility index (Phi) is 2.86. The Labute approximate surface area is 92.6 Å². The lowest BCUT2D eigenvalue weighted by Crippen LogP contribution is -2.11. The zero-order chi connectivity index (χ0) is 10.3. The van der Waals surface area contributed by atoms with E-state index in [1.807, 2.05) is 20.8 Å². The van der Waals surface area contributed by atoms with Gasteiger partial charge in [0, 0.05) is 5.41 Å². The van der Waals surface area contributed by atoms with Crippen molar-refractivity contribution < 1.29 is 0 Å². The molecular weight excluding hydrogens is 230 g/mol. The lowest BCUT2D eigenvalue weighted by molar-refractivity contribution is 0.567. The average molecular weight is 242 g/mol. The zero-order valence-corrected chi connectivity index (χ0v) is 9.93. The van der Waals surface area contributed by atoms with Crippen LogP contribution in [0.15, 0.2) is 6.07 Å². The van der Waals surface area contributed by atoms with Crippen LogP contribution in [0.1, 0.15) is 32.2 Å². The number of H-pyrrole nitrogens is 1. The minimum absolute atomic E-state index is 0.0370. The molecule has 0 saturated carbocycles. The Morgan fingerprint density at radius 3 is 2.00 bits per heavy atom. The smallest absolute Gasteiger partial charge is 0.232 e. The standard InChI is InChI=1S/C8H11Cl3N2/c1-7(2,3)5-4-6(13-12-5)8(9,10)11/h4H,1-3H3,(H,12,13). The second-order valence-corrected chi connectivity index (χ2v) is 6.20. The van der Waals surface area contributed by atoms with E-state index in [0.29, 0.717) is 5.69 Å². The number of hydrogen-bond donors (Lipinski definition) is 1. The van der Waals surface area contributed by atoms with Gasteiger partial charge in [0.1, 0.15) is 0 Å². The first-order valence-electron chi connectivity index (χ1n) is 3.84. The van der Waals surface area contributed by atoms with Gasteiger partial charge in [0.05, 0.1) is 11.4 Å². The number of nitrogens with one attached hydrogen (secondary N) is 1. The maximum Gasteiger partial charge on any atom is 0.232 e. The molecule has 1 aromatic rings. The quantitative estimate of drug-likeness (QED) is 0.692. The third-order valence-electron chi connectivity index (χ3n) is 1.65. The van der Waals surface area contributed by atoms with Gasteiger partial charge >= 0.3 is 0 Å². The molecule has 74 valence electrons. The number of hydrogen-bond acceptors (Lipinski definition) is 1. The molecule has 13 heavy (non-hydrogen) atoms. The lowest BCUT2D eigenvalue weighted by Gasteiger charge is -2.13. The predicted octanol–water partition coefficient (Wildman–Crippen LogP) is 3.53. The van der Waals surface area contributed by atoms with E-state index in [-0.39, 0.29) is 5.41 Å². The summed E-state index contributed by atoms with van der Waals surface area (Å²) in [6.45, 7) is 6.14. The van der Waals surface area contributed by atoms with Crippen LogP contribution in [0.3, 0.4) is 0 Å².